The van der Waals surface area contributed by atoms with Gasteiger partial charge < -0.3 is 9.64 Å². The minimum atomic E-state index is -3.49. The average Bonchev–Trinajstić information content (AvgIpc) is 3.24. The highest BCUT2D eigenvalue weighted by Gasteiger charge is 2.24. The number of carbonyl (C=O) groups excluding carboxylic acids is 1. The molecule has 1 atom stereocenters. The highest BCUT2D eigenvalue weighted by molar-refractivity contribution is 7.91. The van der Waals surface area contributed by atoms with Gasteiger partial charge in [0.05, 0.1) is 23.6 Å². The third kappa shape index (κ3) is 4.20. The van der Waals surface area contributed by atoms with E-state index in [1.807, 2.05) is 37.3 Å². The Morgan fingerprint density at radius 2 is 1.88 bits per heavy atom. The molecular formula is C25H24N4O4S. The lowest BCUT2D eigenvalue weighted by Gasteiger charge is -2.30. The van der Waals surface area contributed by atoms with E-state index in [1.165, 1.54) is 6.26 Å². The summed E-state index contributed by atoms with van der Waals surface area (Å²) in [5.74, 6) is 0.368. The van der Waals surface area contributed by atoms with Gasteiger partial charge in [0, 0.05) is 42.3 Å². The molecule has 0 radical (unpaired) electrons. The Kier molecular flexibility index (Phi) is 5.66. The molecule has 1 aliphatic heterocycles. The Morgan fingerprint density at radius 1 is 1.09 bits per heavy atom. The van der Waals surface area contributed by atoms with Gasteiger partial charge >= 0.3 is 0 Å². The molecule has 2 aromatic carbocycles. The molecule has 5 rings (SSSR count). The molecule has 0 saturated carbocycles. The third-order valence-corrected chi connectivity index (χ3v) is 7.14. The lowest BCUT2D eigenvalue weighted by Crippen LogP contribution is -2.37. The van der Waals surface area contributed by atoms with E-state index in [0.717, 1.165) is 28.7 Å². The zero-order chi connectivity index (χ0) is 23.9. The zero-order valence-corrected chi connectivity index (χ0v) is 19.7. The Bertz CT molecular complexity index is 1480. The summed E-state index contributed by atoms with van der Waals surface area (Å²) in [5.41, 5.74) is 4.54. The molecule has 0 N–H and O–H groups in total. The number of ether oxygens (including phenoxy) is 1. The largest absolute Gasteiger partial charge is 0.370 e. The Hall–Kier alpha value is -3.56. The highest BCUT2D eigenvalue weighted by atomic mass is 32.2. The van der Waals surface area contributed by atoms with Gasteiger partial charge in [0.2, 0.25) is 12.4 Å². The maximum atomic E-state index is 12.5. The summed E-state index contributed by atoms with van der Waals surface area (Å²) in [6.07, 6.45) is 6.75. The van der Waals surface area contributed by atoms with Crippen molar-refractivity contribution in [3.8, 4) is 17.1 Å². The summed E-state index contributed by atoms with van der Waals surface area (Å²) in [4.78, 5) is 22.2. The molecule has 2 aromatic heterocycles. The maximum absolute atomic E-state index is 12.5. The van der Waals surface area contributed by atoms with Crippen LogP contribution in [-0.2, 0) is 19.4 Å². The summed E-state index contributed by atoms with van der Waals surface area (Å²) in [6, 6.07) is 13.6. The molecule has 1 aliphatic rings. The van der Waals surface area contributed by atoms with Crippen LogP contribution in [0, 0.1) is 6.92 Å². The van der Waals surface area contributed by atoms with E-state index in [2.05, 4.69) is 16.0 Å². The van der Waals surface area contributed by atoms with E-state index in [4.69, 9.17) is 4.74 Å². The molecule has 0 spiro atoms. The van der Waals surface area contributed by atoms with Crippen molar-refractivity contribution in [2.24, 2.45) is 0 Å². The second-order valence-electron chi connectivity index (χ2n) is 8.51. The van der Waals surface area contributed by atoms with Crippen molar-refractivity contribution >= 4 is 27.2 Å². The second-order valence-corrected chi connectivity index (χ2v) is 10.5. The number of benzene rings is 2. The molecule has 0 bridgehead atoms. The van der Waals surface area contributed by atoms with Crippen molar-refractivity contribution in [1.29, 1.82) is 0 Å². The fraction of sp³-hybridized carbons (Fsp3) is 0.240. The number of hydrogen-bond acceptors (Lipinski definition) is 6. The summed E-state index contributed by atoms with van der Waals surface area (Å²) in [6.45, 7) is 3.47. The molecule has 4 aromatic rings. The fourth-order valence-electron chi connectivity index (χ4n) is 4.26. The molecule has 34 heavy (non-hydrogen) atoms. The van der Waals surface area contributed by atoms with Crippen molar-refractivity contribution in [3.63, 3.8) is 0 Å². The standard InChI is InChI=1S/C25H24N4O4S/c1-17-4-3-5-18(10-17)20-12-26-25(27-13-20)29-15-24(34(2,31)32)21-7-6-19(11-22(21)29)23-14-28(16-30)8-9-33-23/h3-7,10-13,15-16,23H,8-9,14H2,1-2H3. The normalized spacial score (nSPS) is 16.6. The zero-order valence-electron chi connectivity index (χ0n) is 18.9. The molecule has 1 saturated heterocycles. The Morgan fingerprint density at radius 3 is 2.59 bits per heavy atom. The van der Waals surface area contributed by atoms with Gasteiger partial charge in [0.15, 0.2) is 9.84 Å². The van der Waals surface area contributed by atoms with Crippen LogP contribution in [0.1, 0.15) is 17.2 Å². The monoisotopic (exact) mass is 476 g/mol. The van der Waals surface area contributed by atoms with E-state index in [-0.39, 0.29) is 11.0 Å². The minimum Gasteiger partial charge on any atom is -0.370 e. The lowest BCUT2D eigenvalue weighted by atomic mass is 10.1. The van der Waals surface area contributed by atoms with Crippen LogP contribution >= 0.6 is 0 Å². The number of aryl methyl sites for hydroxylation is 1. The SMILES string of the molecule is Cc1cccc(-c2cnc(-n3cc(S(C)(=O)=O)c4ccc(C5CN(C=O)CCO5)cc43)nc2)c1. The quantitative estimate of drug-likeness (QED) is 0.410. The number of fused-ring (bicyclic) bond motifs is 1. The molecule has 3 heterocycles. The molecule has 1 fully saturated rings. The van der Waals surface area contributed by atoms with Gasteiger partial charge in [-0.3, -0.25) is 9.36 Å². The van der Waals surface area contributed by atoms with Crippen molar-refractivity contribution < 1.29 is 17.9 Å². The molecule has 8 nitrogen and oxygen atoms in total. The van der Waals surface area contributed by atoms with Gasteiger partial charge in [-0.25, -0.2) is 18.4 Å². The number of nitrogens with zero attached hydrogens (tertiary/aromatic N) is 4. The van der Waals surface area contributed by atoms with Crippen LogP contribution in [0.4, 0.5) is 0 Å². The van der Waals surface area contributed by atoms with Crippen LogP contribution in [0.3, 0.4) is 0 Å². The smallest absolute Gasteiger partial charge is 0.234 e. The summed E-state index contributed by atoms with van der Waals surface area (Å²) in [5, 5.41) is 0.584. The van der Waals surface area contributed by atoms with Crippen LogP contribution in [0.15, 0.2) is 66.0 Å². The number of hydrogen-bond donors (Lipinski definition) is 0. The first-order chi connectivity index (χ1) is 16.3. The Labute approximate surface area is 197 Å². The molecule has 174 valence electrons. The lowest BCUT2D eigenvalue weighted by molar-refractivity contribution is -0.125. The van der Waals surface area contributed by atoms with Gasteiger partial charge in [-0.2, -0.15) is 0 Å². The molecular weight excluding hydrogens is 452 g/mol. The number of aromatic nitrogens is 3. The third-order valence-electron chi connectivity index (χ3n) is 6.02. The first kappa shape index (κ1) is 22.2. The van der Waals surface area contributed by atoms with Crippen LogP contribution in [0.25, 0.3) is 28.0 Å². The first-order valence-electron chi connectivity index (χ1n) is 10.9. The topological polar surface area (TPSA) is 94.4 Å². The number of sulfone groups is 1. The molecule has 9 heteroatoms. The number of amides is 1. The van der Waals surface area contributed by atoms with Gasteiger partial charge in [-0.05, 0) is 24.1 Å². The predicted octanol–water partition coefficient (Wildman–Crippen LogP) is 3.33. The number of rotatable bonds is 5. The Balaban J connectivity index is 1.60. The van der Waals surface area contributed by atoms with E-state index in [9.17, 15) is 13.2 Å². The summed E-state index contributed by atoms with van der Waals surface area (Å²) < 4.78 is 32.6. The van der Waals surface area contributed by atoms with Crippen molar-refractivity contribution in [1.82, 2.24) is 19.4 Å². The predicted molar refractivity (Wildman–Crippen MR) is 128 cm³/mol. The van der Waals surface area contributed by atoms with E-state index < -0.39 is 9.84 Å². The average molecular weight is 477 g/mol. The summed E-state index contributed by atoms with van der Waals surface area (Å²) in [7, 11) is -3.49. The fourth-order valence-corrected chi connectivity index (χ4v) is 5.13. The minimum absolute atomic E-state index is 0.208. The van der Waals surface area contributed by atoms with Crippen molar-refractivity contribution in [2.75, 3.05) is 26.0 Å². The number of carbonyl (C=O) groups is 1. The maximum Gasteiger partial charge on any atom is 0.234 e. The van der Waals surface area contributed by atoms with Crippen LogP contribution < -0.4 is 0 Å². The molecule has 1 amide bonds. The molecule has 1 unspecified atom stereocenters. The van der Waals surface area contributed by atoms with Crippen LogP contribution in [-0.4, -0.2) is 60.2 Å². The van der Waals surface area contributed by atoms with Crippen LogP contribution in [0.2, 0.25) is 0 Å². The van der Waals surface area contributed by atoms with Gasteiger partial charge in [0.25, 0.3) is 0 Å². The first-order valence-corrected chi connectivity index (χ1v) is 12.8. The second kappa shape index (κ2) is 8.66. The van der Waals surface area contributed by atoms with Crippen molar-refractivity contribution in [2.45, 2.75) is 17.9 Å². The van der Waals surface area contributed by atoms with Crippen molar-refractivity contribution in [3.05, 3.63) is 72.2 Å². The van der Waals surface area contributed by atoms with Gasteiger partial charge in [-0.15, -0.1) is 0 Å². The van der Waals surface area contributed by atoms with E-state index in [0.29, 0.717) is 36.5 Å². The van der Waals surface area contributed by atoms with Gasteiger partial charge in [0.1, 0.15) is 6.10 Å². The summed E-state index contributed by atoms with van der Waals surface area (Å²) >= 11 is 0. The molecule has 0 aliphatic carbocycles. The van der Waals surface area contributed by atoms with E-state index in [1.54, 1.807) is 34.1 Å². The van der Waals surface area contributed by atoms with Gasteiger partial charge in [-0.1, -0.05) is 42.0 Å². The highest BCUT2D eigenvalue weighted by Crippen LogP contribution is 2.32. The van der Waals surface area contributed by atoms with E-state index >= 15 is 0 Å². The van der Waals surface area contributed by atoms with Crippen LogP contribution in [0.5, 0.6) is 0 Å². The number of morpholine rings is 1.